The summed E-state index contributed by atoms with van der Waals surface area (Å²) in [5.41, 5.74) is -0.106. The lowest BCUT2D eigenvalue weighted by molar-refractivity contribution is -0.386. The zero-order valence-corrected chi connectivity index (χ0v) is 15.9. The van der Waals surface area contributed by atoms with Crippen molar-refractivity contribution in [2.45, 2.75) is 25.7 Å². The second-order valence-electron chi connectivity index (χ2n) is 6.21. The molecule has 0 atom stereocenters. The molecule has 0 bridgehead atoms. The summed E-state index contributed by atoms with van der Waals surface area (Å²) in [7, 11) is 0. The minimum Gasteiger partial charge on any atom is -0.487 e. The van der Waals surface area contributed by atoms with Crippen LogP contribution >= 0.6 is 0 Å². The molecule has 0 heterocycles. The Bertz CT molecular complexity index is 928. The fourth-order valence-electron chi connectivity index (χ4n) is 2.63. The van der Waals surface area contributed by atoms with Gasteiger partial charge < -0.3 is 9.47 Å². The molecule has 0 unspecified atom stereocenters. The highest BCUT2D eigenvalue weighted by molar-refractivity contribution is 5.52. The summed E-state index contributed by atoms with van der Waals surface area (Å²) in [4.78, 5) is 20.9. The molecule has 10 nitrogen and oxygen atoms in total. The number of nitrogens with zero attached hydrogens (tertiary/aromatic N) is 4. The van der Waals surface area contributed by atoms with Crippen LogP contribution in [0.1, 0.15) is 36.8 Å². The minimum atomic E-state index is -0.587. The fourth-order valence-corrected chi connectivity index (χ4v) is 2.63. The molecule has 0 N–H and O–H groups in total. The minimum absolute atomic E-state index is 0.121. The molecule has 0 saturated carbocycles. The third-order valence-electron chi connectivity index (χ3n) is 4.12. The zero-order chi connectivity index (χ0) is 21.9. The smallest absolute Gasteiger partial charge is 0.312 e. The van der Waals surface area contributed by atoms with Crippen molar-refractivity contribution in [1.29, 1.82) is 10.5 Å². The maximum absolute atomic E-state index is 11.1. The molecule has 154 valence electrons. The van der Waals surface area contributed by atoms with Gasteiger partial charge >= 0.3 is 11.4 Å². The number of hydrogen-bond acceptors (Lipinski definition) is 8. The van der Waals surface area contributed by atoms with Crippen LogP contribution in [0.15, 0.2) is 36.4 Å². The second-order valence-corrected chi connectivity index (χ2v) is 6.21. The monoisotopic (exact) mass is 410 g/mol. The van der Waals surface area contributed by atoms with E-state index >= 15 is 0 Å². The Balaban J connectivity index is 1.71. The van der Waals surface area contributed by atoms with Crippen LogP contribution in [0.4, 0.5) is 11.4 Å². The van der Waals surface area contributed by atoms with Crippen molar-refractivity contribution in [2.24, 2.45) is 0 Å². The van der Waals surface area contributed by atoms with Crippen molar-refractivity contribution in [1.82, 2.24) is 0 Å². The van der Waals surface area contributed by atoms with Crippen LogP contribution in [0.3, 0.4) is 0 Å². The van der Waals surface area contributed by atoms with Gasteiger partial charge in [-0.1, -0.05) is 0 Å². The average Bonchev–Trinajstić information content (AvgIpc) is 2.75. The predicted octanol–water partition coefficient (Wildman–Crippen LogP) is 4.26. The number of hydrogen-bond donors (Lipinski definition) is 0. The van der Waals surface area contributed by atoms with E-state index in [1.807, 2.05) is 12.1 Å². The Kier molecular flexibility index (Phi) is 8.09. The first-order chi connectivity index (χ1) is 14.5. The van der Waals surface area contributed by atoms with Crippen LogP contribution in [0.5, 0.6) is 11.5 Å². The summed E-state index contributed by atoms with van der Waals surface area (Å²) >= 11 is 0. The van der Waals surface area contributed by atoms with E-state index in [0.29, 0.717) is 12.8 Å². The molecule has 0 aliphatic carbocycles. The van der Waals surface area contributed by atoms with Gasteiger partial charge in [-0.25, -0.2) is 0 Å². The number of nitro groups is 2. The van der Waals surface area contributed by atoms with E-state index in [2.05, 4.69) is 0 Å². The summed E-state index contributed by atoms with van der Waals surface area (Å²) in [5.74, 6) is 0.242. The molecule has 0 saturated heterocycles. The second kappa shape index (κ2) is 11.0. The van der Waals surface area contributed by atoms with Crippen molar-refractivity contribution < 1.29 is 19.3 Å². The van der Waals surface area contributed by atoms with Crippen molar-refractivity contribution in [3.63, 3.8) is 0 Å². The SMILES string of the molecule is N#Cc1ccc(OCCCCCCOc2ccc(C#N)cc2[N+](=O)[O-])c([N+](=O)[O-])c1. The van der Waals surface area contributed by atoms with Crippen LogP contribution in [0.2, 0.25) is 0 Å². The zero-order valence-electron chi connectivity index (χ0n) is 15.9. The Hall–Kier alpha value is -4.18. The topological polar surface area (TPSA) is 152 Å². The van der Waals surface area contributed by atoms with Gasteiger partial charge in [0.15, 0.2) is 11.5 Å². The molecule has 30 heavy (non-hydrogen) atoms. The van der Waals surface area contributed by atoms with Gasteiger partial charge in [-0.15, -0.1) is 0 Å². The van der Waals surface area contributed by atoms with Gasteiger partial charge in [0.05, 0.1) is 46.3 Å². The van der Waals surface area contributed by atoms with E-state index in [4.69, 9.17) is 20.0 Å². The van der Waals surface area contributed by atoms with Gasteiger partial charge in [-0.2, -0.15) is 10.5 Å². The number of nitriles is 2. The van der Waals surface area contributed by atoms with E-state index in [-0.39, 0.29) is 47.2 Å². The van der Waals surface area contributed by atoms with Crippen LogP contribution in [-0.4, -0.2) is 23.1 Å². The Labute approximate surface area is 172 Å². The maximum atomic E-state index is 11.1. The summed E-state index contributed by atoms with van der Waals surface area (Å²) in [6, 6.07) is 11.8. The van der Waals surface area contributed by atoms with Crippen molar-refractivity contribution >= 4 is 11.4 Å². The molecule has 0 spiro atoms. The van der Waals surface area contributed by atoms with Gasteiger partial charge in [-0.05, 0) is 49.9 Å². The highest BCUT2D eigenvalue weighted by atomic mass is 16.6. The fraction of sp³-hybridized carbons (Fsp3) is 0.300. The number of rotatable bonds is 11. The number of unbranched alkanes of at least 4 members (excludes halogenated alkanes) is 3. The van der Waals surface area contributed by atoms with E-state index in [9.17, 15) is 20.2 Å². The lowest BCUT2D eigenvalue weighted by atomic mass is 10.2. The summed E-state index contributed by atoms with van der Waals surface area (Å²) in [5, 5.41) is 39.8. The highest BCUT2D eigenvalue weighted by Gasteiger charge is 2.17. The van der Waals surface area contributed by atoms with Crippen LogP contribution in [0, 0.1) is 42.9 Å². The van der Waals surface area contributed by atoms with Crippen LogP contribution in [0.25, 0.3) is 0 Å². The molecule has 2 aromatic carbocycles. The molecule has 0 aromatic heterocycles. The van der Waals surface area contributed by atoms with Gasteiger partial charge in [0.2, 0.25) is 0 Å². The summed E-state index contributed by atoms with van der Waals surface area (Å²) in [6.07, 6.45) is 2.88. The third kappa shape index (κ3) is 6.17. The van der Waals surface area contributed by atoms with Gasteiger partial charge in [0.25, 0.3) is 0 Å². The van der Waals surface area contributed by atoms with Gasteiger partial charge in [-0.3, -0.25) is 20.2 Å². The van der Waals surface area contributed by atoms with Crippen molar-refractivity contribution in [2.75, 3.05) is 13.2 Å². The summed E-state index contributed by atoms with van der Waals surface area (Å²) in [6.45, 7) is 0.573. The lowest BCUT2D eigenvalue weighted by Gasteiger charge is -2.08. The maximum Gasteiger partial charge on any atom is 0.312 e. The van der Waals surface area contributed by atoms with E-state index < -0.39 is 9.85 Å². The number of nitro benzene ring substituents is 2. The Morgan fingerprint density at radius 1 is 0.733 bits per heavy atom. The molecule has 0 radical (unpaired) electrons. The molecule has 0 aliphatic heterocycles. The van der Waals surface area contributed by atoms with Crippen molar-refractivity contribution in [3.8, 4) is 23.6 Å². The molecule has 2 rings (SSSR count). The first kappa shape index (κ1) is 22.1. The van der Waals surface area contributed by atoms with E-state index in [1.54, 1.807) is 0 Å². The van der Waals surface area contributed by atoms with Crippen molar-refractivity contribution in [3.05, 3.63) is 67.8 Å². The molecule has 0 aliphatic rings. The number of benzene rings is 2. The molecular weight excluding hydrogens is 392 g/mol. The largest absolute Gasteiger partial charge is 0.487 e. The van der Waals surface area contributed by atoms with E-state index in [1.165, 1.54) is 36.4 Å². The standard InChI is InChI=1S/C20H18N4O6/c21-13-15-5-7-19(17(11-15)23(25)26)29-9-3-1-2-4-10-30-20-8-6-16(14-22)12-18(20)24(27)28/h5-8,11-12H,1-4,9-10H2. The average molecular weight is 410 g/mol. The lowest BCUT2D eigenvalue weighted by Crippen LogP contribution is -2.03. The Morgan fingerprint density at radius 2 is 1.13 bits per heavy atom. The molecule has 10 heteroatoms. The quantitative estimate of drug-likeness (QED) is 0.302. The first-order valence-corrected chi connectivity index (χ1v) is 9.09. The summed E-state index contributed by atoms with van der Waals surface area (Å²) < 4.78 is 10.9. The molecular formula is C20H18N4O6. The van der Waals surface area contributed by atoms with E-state index in [0.717, 1.165) is 12.8 Å². The van der Waals surface area contributed by atoms with Gasteiger partial charge in [0, 0.05) is 12.1 Å². The molecule has 0 fully saturated rings. The van der Waals surface area contributed by atoms with Gasteiger partial charge in [0.1, 0.15) is 0 Å². The molecule has 0 amide bonds. The normalized spacial score (nSPS) is 9.93. The third-order valence-corrected chi connectivity index (χ3v) is 4.12. The Morgan fingerprint density at radius 3 is 1.47 bits per heavy atom. The highest BCUT2D eigenvalue weighted by Crippen LogP contribution is 2.29. The molecule has 2 aromatic rings. The number of ether oxygens (including phenoxy) is 2. The van der Waals surface area contributed by atoms with Crippen LogP contribution < -0.4 is 9.47 Å². The predicted molar refractivity (Wildman–Crippen MR) is 105 cm³/mol. The first-order valence-electron chi connectivity index (χ1n) is 9.09. The van der Waals surface area contributed by atoms with Crippen LogP contribution in [-0.2, 0) is 0 Å².